The van der Waals surface area contributed by atoms with Crippen LogP contribution in [0, 0.1) is 13.8 Å². The number of benzene rings is 1. The number of nitrogens with one attached hydrogen (secondary N) is 1. The van der Waals surface area contributed by atoms with E-state index in [-0.39, 0.29) is 17.2 Å². The van der Waals surface area contributed by atoms with Gasteiger partial charge in [-0.25, -0.2) is 0 Å². The number of carbonyl (C=O) groups excluding carboxylic acids is 1. The van der Waals surface area contributed by atoms with Crippen molar-refractivity contribution >= 4 is 11.6 Å². The van der Waals surface area contributed by atoms with Crippen LogP contribution in [0.3, 0.4) is 0 Å². The van der Waals surface area contributed by atoms with Gasteiger partial charge in [0.1, 0.15) is 5.75 Å². The molecule has 0 aliphatic heterocycles. The molecule has 0 aliphatic carbocycles. The van der Waals surface area contributed by atoms with Crippen LogP contribution in [0.25, 0.3) is 0 Å². The van der Waals surface area contributed by atoms with Crippen molar-refractivity contribution < 1.29 is 9.90 Å². The van der Waals surface area contributed by atoms with Gasteiger partial charge in [0.05, 0.1) is 17.4 Å². The molecular formula is C13H15N3O2. The fourth-order valence-corrected chi connectivity index (χ4v) is 1.67. The van der Waals surface area contributed by atoms with Gasteiger partial charge >= 0.3 is 0 Å². The summed E-state index contributed by atoms with van der Waals surface area (Å²) < 4.78 is 1.59. The van der Waals surface area contributed by atoms with Crippen LogP contribution in [0.1, 0.15) is 21.5 Å². The average molecular weight is 245 g/mol. The number of aryl methyl sites for hydroxylation is 2. The van der Waals surface area contributed by atoms with Crippen LogP contribution in [0.2, 0.25) is 0 Å². The van der Waals surface area contributed by atoms with Gasteiger partial charge in [0.2, 0.25) is 0 Å². The van der Waals surface area contributed by atoms with E-state index in [2.05, 4.69) is 10.4 Å². The zero-order valence-electron chi connectivity index (χ0n) is 10.6. The molecule has 2 rings (SSSR count). The highest BCUT2D eigenvalue weighted by atomic mass is 16.3. The second kappa shape index (κ2) is 4.52. The van der Waals surface area contributed by atoms with Gasteiger partial charge in [-0.05, 0) is 31.0 Å². The molecule has 1 heterocycles. The van der Waals surface area contributed by atoms with Crippen molar-refractivity contribution in [1.29, 1.82) is 0 Å². The maximum atomic E-state index is 12.0. The number of hydrogen-bond acceptors (Lipinski definition) is 3. The molecule has 0 spiro atoms. The van der Waals surface area contributed by atoms with Crippen LogP contribution in [-0.2, 0) is 7.05 Å². The maximum Gasteiger partial charge on any atom is 0.259 e. The normalized spacial score (nSPS) is 10.4. The van der Waals surface area contributed by atoms with Gasteiger partial charge in [-0.15, -0.1) is 0 Å². The maximum absolute atomic E-state index is 12.0. The Hall–Kier alpha value is -2.30. The molecule has 0 unspecified atom stereocenters. The van der Waals surface area contributed by atoms with Crippen molar-refractivity contribution in [3.8, 4) is 5.75 Å². The average Bonchev–Trinajstić information content (AvgIpc) is 2.71. The van der Waals surface area contributed by atoms with Crippen molar-refractivity contribution in [2.75, 3.05) is 5.32 Å². The van der Waals surface area contributed by atoms with E-state index >= 15 is 0 Å². The number of hydrogen-bond donors (Lipinski definition) is 2. The van der Waals surface area contributed by atoms with Gasteiger partial charge in [0, 0.05) is 13.2 Å². The summed E-state index contributed by atoms with van der Waals surface area (Å²) in [6, 6.07) is 3.43. The predicted octanol–water partition coefficient (Wildman–Crippen LogP) is 1.99. The summed E-state index contributed by atoms with van der Waals surface area (Å²) >= 11 is 0. The Morgan fingerprint density at radius 2 is 2.11 bits per heavy atom. The molecule has 1 aromatic heterocycles. The molecule has 2 aromatic rings. The van der Waals surface area contributed by atoms with Crippen molar-refractivity contribution in [1.82, 2.24) is 9.78 Å². The lowest BCUT2D eigenvalue weighted by Crippen LogP contribution is -2.12. The highest BCUT2D eigenvalue weighted by Crippen LogP contribution is 2.25. The highest BCUT2D eigenvalue weighted by molar-refractivity contribution is 6.06. The SMILES string of the molecule is Cc1ccc(C(=O)Nc2cnn(C)c2)c(O)c1C. The number of phenolic OH excluding ortho intramolecular Hbond substituents is 1. The summed E-state index contributed by atoms with van der Waals surface area (Å²) in [7, 11) is 1.77. The third-order valence-electron chi connectivity index (χ3n) is 2.91. The van der Waals surface area contributed by atoms with Crippen LogP contribution < -0.4 is 5.32 Å². The number of aromatic nitrogens is 2. The Bertz CT molecular complexity index is 602. The van der Waals surface area contributed by atoms with Crippen LogP contribution in [0.15, 0.2) is 24.5 Å². The van der Waals surface area contributed by atoms with E-state index in [1.807, 2.05) is 13.0 Å². The second-order valence-corrected chi connectivity index (χ2v) is 4.26. The third kappa shape index (κ3) is 2.20. The number of rotatable bonds is 2. The number of nitrogens with zero attached hydrogens (tertiary/aromatic N) is 2. The lowest BCUT2D eigenvalue weighted by atomic mass is 10.0. The van der Waals surface area contributed by atoms with Gasteiger partial charge in [0.25, 0.3) is 5.91 Å². The zero-order chi connectivity index (χ0) is 13.3. The first-order valence-electron chi connectivity index (χ1n) is 5.58. The first kappa shape index (κ1) is 12.2. The molecule has 0 saturated heterocycles. The summed E-state index contributed by atoms with van der Waals surface area (Å²) in [5.41, 5.74) is 2.53. The minimum atomic E-state index is -0.344. The Balaban J connectivity index is 2.27. The molecule has 5 heteroatoms. The van der Waals surface area contributed by atoms with Crippen LogP contribution in [0.5, 0.6) is 5.75 Å². The molecule has 0 bridgehead atoms. The summed E-state index contributed by atoms with van der Waals surface area (Å²) in [5, 5.41) is 16.6. The molecule has 0 radical (unpaired) electrons. The van der Waals surface area contributed by atoms with Crippen LogP contribution in [0.4, 0.5) is 5.69 Å². The number of phenols is 1. The van der Waals surface area contributed by atoms with E-state index < -0.39 is 0 Å². The number of amides is 1. The van der Waals surface area contributed by atoms with E-state index in [0.717, 1.165) is 5.56 Å². The van der Waals surface area contributed by atoms with E-state index in [9.17, 15) is 9.90 Å². The fourth-order valence-electron chi connectivity index (χ4n) is 1.67. The summed E-state index contributed by atoms with van der Waals surface area (Å²) in [6.45, 7) is 3.67. The van der Waals surface area contributed by atoms with E-state index in [1.165, 1.54) is 0 Å². The highest BCUT2D eigenvalue weighted by Gasteiger charge is 2.14. The molecule has 1 aromatic carbocycles. The summed E-state index contributed by atoms with van der Waals surface area (Å²) in [5.74, 6) is -0.319. The molecule has 0 fully saturated rings. The zero-order valence-corrected chi connectivity index (χ0v) is 10.6. The lowest BCUT2D eigenvalue weighted by molar-refractivity contribution is 0.102. The quantitative estimate of drug-likeness (QED) is 0.850. The first-order chi connectivity index (χ1) is 8.49. The molecule has 5 nitrogen and oxygen atoms in total. The molecule has 0 atom stereocenters. The smallest absolute Gasteiger partial charge is 0.259 e. The van der Waals surface area contributed by atoms with Crippen molar-refractivity contribution in [2.45, 2.75) is 13.8 Å². The molecule has 94 valence electrons. The minimum absolute atomic E-state index is 0.0244. The van der Waals surface area contributed by atoms with Crippen molar-refractivity contribution in [3.63, 3.8) is 0 Å². The largest absolute Gasteiger partial charge is 0.507 e. The van der Waals surface area contributed by atoms with Crippen molar-refractivity contribution in [2.24, 2.45) is 7.05 Å². The second-order valence-electron chi connectivity index (χ2n) is 4.26. The number of carbonyl (C=O) groups is 1. The lowest BCUT2D eigenvalue weighted by Gasteiger charge is -2.09. The number of aromatic hydroxyl groups is 1. The Morgan fingerprint density at radius 1 is 1.39 bits per heavy atom. The summed E-state index contributed by atoms with van der Waals surface area (Å²) in [6.07, 6.45) is 3.24. The third-order valence-corrected chi connectivity index (χ3v) is 2.91. The standard InChI is InChI=1S/C13H15N3O2/c1-8-4-5-11(12(17)9(8)2)13(18)15-10-6-14-16(3)7-10/h4-7,17H,1-3H3,(H,15,18). The fraction of sp³-hybridized carbons (Fsp3) is 0.231. The van der Waals surface area contributed by atoms with Gasteiger partial charge in [-0.1, -0.05) is 6.07 Å². The van der Waals surface area contributed by atoms with Crippen LogP contribution in [-0.4, -0.2) is 20.8 Å². The predicted molar refractivity (Wildman–Crippen MR) is 68.7 cm³/mol. The van der Waals surface area contributed by atoms with Gasteiger partial charge in [-0.3, -0.25) is 9.48 Å². The van der Waals surface area contributed by atoms with Gasteiger partial charge < -0.3 is 10.4 Å². The molecule has 1 amide bonds. The van der Waals surface area contributed by atoms with E-state index in [0.29, 0.717) is 11.3 Å². The summed E-state index contributed by atoms with van der Waals surface area (Å²) in [4.78, 5) is 12.0. The molecule has 18 heavy (non-hydrogen) atoms. The van der Waals surface area contributed by atoms with Gasteiger partial charge in [-0.2, -0.15) is 5.10 Å². The minimum Gasteiger partial charge on any atom is -0.507 e. The first-order valence-corrected chi connectivity index (χ1v) is 5.58. The van der Waals surface area contributed by atoms with Crippen molar-refractivity contribution in [3.05, 3.63) is 41.2 Å². The van der Waals surface area contributed by atoms with E-state index in [4.69, 9.17) is 0 Å². The molecule has 2 N–H and O–H groups in total. The molecule has 0 saturated carbocycles. The monoisotopic (exact) mass is 245 g/mol. The van der Waals surface area contributed by atoms with Crippen LogP contribution >= 0.6 is 0 Å². The molecular weight excluding hydrogens is 230 g/mol. The topological polar surface area (TPSA) is 67.2 Å². The van der Waals surface area contributed by atoms with Gasteiger partial charge in [0.15, 0.2) is 0 Å². The molecule has 0 aliphatic rings. The Kier molecular flexibility index (Phi) is 3.06. The number of anilines is 1. The Labute approximate surface area is 105 Å². The Morgan fingerprint density at radius 3 is 2.72 bits per heavy atom. The van der Waals surface area contributed by atoms with E-state index in [1.54, 1.807) is 37.1 Å².